The van der Waals surface area contributed by atoms with Crippen LogP contribution in [0.4, 0.5) is 0 Å². The van der Waals surface area contributed by atoms with Crippen molar-refractivity contribution in [3.63, 3.8) is 0 Å². The quantitative estimate of drug-likeness (QED) is 0.361. The van der Waals surface area contributed by atoms with E-state index in [4.69, 9.17) is 4.74 Å². The highest BCUT2D eigenvalue weighted by molar-refractivity contribution is 9.09. The maximum Gasteiger partial charge on any atom is 0.311 e. The number of alkyl halides is 1. The molecular formula is C12H13BrO3. The zero-order valence-electron chi connectivity index (χ0n) is 9.03. The molecule has 0 heterocycles. The van der Waals surface area contributed by atoms with Crippen molar-refractivity contribution >= 4 is 27.7 Å². The fourth-order valence-electron chi connectivity index (χ4n) is 1.17. The first kappa shape index (κ1) is 12.9. The number of ether oxygens (including phenoxy) is 1. The minimum atomic E-state index is -0.248. The fraction of sp³-hybridized carbons (Fsp3) is 0.333. The molecule has 1 aromatic carbocycles. The van der Waals surface area contributed by atoms with Crippen LogP contribution in [-0.2, 0) is 4.79 Å². The SMILES string of the molecule is CCCC(=O)Oc1ccc(C(=O)CBr)cc1. The number of rotatable bonds is 5. The molecule has 1 aromatic rings. The molecule has 4 heteroatoms. The Balaban J connectivity index is 2.64. The van der Waals surface area contributed by atoms with Gasteiger partial charge in [0.1, 0.15) is 5.75 Å². The highest BCUT2D eigenvalue weighted by atomic mass is 79.9. The van der Waals surface area contributed by atoms with Crippen molar-refractivity contribution in [3.8, 4) is 5.75 Å². The van der Waals surface area contributed by atoms with Gasteiger partial charge in [0.25, 0.3) is 0 Å². The van der Waals surface area contributed by atoms with Gasteiger partial charge in [-0.2, -0.15) is 0 Å². The summed E-state index contributed by atoms with van der Waals surface area (Å²) in [5.74, 6) is 0.234. The van der Waals surface area contributed by atoms with Crippen LogP contribution < -0.4 is 4.74 Å². The highest BCUT2D eigenvalue weighted by Gasteiger charge is 2.06. The van der Waals surface area contributed by atoms with Gasteiger partial charge in [0.05, 0.1) is 5.33 Å². The maximum absolute atomic E-state index is 11.3. The second-order valence-electron chi connectivity index (χ2n) is 3.31. The van der Waals surface area contributed by atoms with E-state index >= 15 is 0 Å². The molecule has 0 saturated carbocycles. The fourth-order valence-corrected chi connectivity index (χ4v) is 1.50. The zero-order chi connectivity index (χ0) is 12.0. The van der Waals surface area contributed by atoms with Gasteiger partial charge in [-0.1, -0.05) is 22.9 Å². The number of Topliss-reactive ketones (excluding diaryl/α,β-unsaturated/α-hetero) is 1. The Morgan fingerprint density at radius 2 is 1.88 bits per heavy atom. The van der Waals surface area contributed by atoms with Crippen LogP contribution in [0.25, 0.3) is 0 Å². The van der Waals surface area contributed by atoms with Crippen LogP contribution in [0, 0.1) is 0 Å². The summed E-state index contributed by atoms with van der Waals surface area (Å²) in [4.78, 5) is 22.5. The zero-order valence-corrected chi connectivity index (χ0v) is 10.6. The minimum absolute atomic E-state index is 0.00596. The molecule has 0 aliphatic rings. The first-order valence-electron chi connectivity index (χ1n) is 5.07. The predicted octanol–water partition coefficient (Wildman–Crippen LogP) is 2.97. The number of hydrogen-bond acceptors (Lipinski definition) is 3. The van der Waals surface area contributed by atoms with Gasteiger partial charge in [-0.05, 0) is 30.7 Å². The Labute approximate surface area is 103 Å². The molecule has 0 saturated heterocycles. The summed E-state index contributed by atoms with van der Waals surface area (Å²) in [7, 11) is 0. The molecular weight excluding hydrogens is 272 g/mol. The second kappa shape index (κ2) is 6.43. The molecule has 0 aliphatic carbocycles. The van der Waals surface area contributed by atoms with Crippen molar-refractivity contribution in [1.82, 2.24) is 0 Å². The van der Waals surface area contributed by atoms with E-state index in [1.54, 1.807) is 24.3 Å². The minimum Gasteiger partial charge on any atom is -0.427 e. The molecule has 0 N–H and O–H groups in total. The van der Waals surface area contributed by atoms with Crippen LogP contribution in [0.1, 0.15) is 30.1 Å². The van der Waals surface area contributed by atoms with E-state index in [9.17, 15) is 9.59 Å². The van der Waals surface area contributed by atoms with Crippen LogP contribution in [0.15, 0.2) is 24.3 Å². The Kier molecular flexibility index (Phi) is 5.19. The first-order valence-corrected chi connectivity index (χ1v) is 6.19. The van der Waals surface area contributed by atoms with E-state index < -0.39 is 0 Å². The maximum atomic E-state index is 11.3. The average Bonchev–Trinajstić information content (AvgIpc) is 2.29. The van der Waals surface area contributed by atoms with E-state index in [-0.39, 0.29) is 11.8 Å². The van der Waals surface area contributed by atoms with E-state index in [2.05, 4.69) is 15.9 Å². The topological polar surface area (TPSA) is 43.4 Å². The summed E-state index contributed by atoms with van der Waals surface area (Å²) in [6, 6.07) is 6.56. The number of esters is 1. The summed E-state index contributed by atoms with van der Waals surface area (Å²) in [6.45, 7) is 1.92. The van der Waals surface area contributed by atoms with Crippen LogP contribution in [0.3, 0.4) is 0 Å². The third-order valence-electron chi connectivity index (χ3n) is 1.98. The number of carbonyl (C=O) groups is 2. The normalized spacial score (nSPS) is 9.88. The Bertz CT molecular complexity index is 370. The summed E-state index contributed by atoms with van der Waals surface area (Å²) in [5, 5.41) is 0.294. The molecule has 0 atom stereocenters. The van der Waals surface area contributed by atoms with Gasteiger partial charge in [0.15, 0.2) is 5.78 Å². The molecule has 0 aliphatic heterocycles. The number of halogens is 1. The lowest BCUT2D eigenvalue weighted by Gasteiger charge is -2.03. The van der Waals surface area contributed by atoms with Crippen LogP contribution in [0.5, 0.6) is 5.75 Å². The van der Waals surface area contributed by atoms with Crippen molar-refractivity contribution in [2.24, 2.45) is 0 Å². The molecule has 0 spiro atoms. The lowest BCUT2D eigenvalue weighted by molar-refractivity contribution is -0.134. The average molecular weight is 285 g/mol. The third-order valence-corrected chi connectivity index (χ3v) is 2.49. The third kappa shape index (κ3) is 3.77. The summed E-state index contributed by atoms with van der Waals surface area (Å²) in [5.41, 5.74) is 0.604. The monoisotopic (exact) mass is 284 g/mol. The van der Waals surface area contributed by atoms with E-state index in [1.807, 2.05) is 6.92 Å². The smallest absolute Gasteiger partial charge is 0.311 e. The van der Waals surface area contributed by atoms with E-state index in [0.717, 1.165) is 6.42 Å². The largest absolute Gasteiger partial charge is 0.427 e. The van der Waals surface area contributed by atoms with Gasteiger partial charge in [0, 0.05) is 12.0 Å². The van der Waals surface area contributed by atoms with Crippen LogP contribution >= 0.6 is 15.9 Å². The Morgan fingerprint density at radius 1 is 1.25 bits per heavy atom. The molecule has 3 nitrogen and oxygen atoms in total. The lowest BCUT2D eigenvalue weighted by atomic mass is 10.1. The van der Waals surface area contributed by atoms with Gasteiger partial charge < -0.3 is 4.74 Å². The number of hydrogen-bond donors (Lipinski definition) is 0. The number of ketones is 1. The van der Waals surface area contributed by atoms with E-state index in [1.165, 1.54) is 0 Å². The van der Waals surface area contributed by atoms with Gasteiger partial charge in [-0.25, -0.2) is 0 Å². The summed E-state index contributed by atoms with van der Waals surface area (Å²) >= 11 is 3.10. The molecule has 0 bridgehead atoms. The predicted molar refractivity (Wildman–Crippen MR) is 65.1 cm³/mol. The summed E-state index contributed by atoms with van der Waals surface area (Å²) < 4.78 is 5.06. The first-order chi connectivity index (χ1) is 7.67. The number of carbonyl (C=O) groups excluding carboxylic acids is 2. The molecule has 0 radical (unpaired) electrons. The molecule has 86 valence electrons. The van der Waals surface area contributed by atoms with Crippen LogP contribution in [-0.4, -0.2) is 17.1 Å². The molecule has 1 rings (SSSR count). The number of benzene rings is 1. The van der Waals surface area contributed by atoms with Crippen molar-refractivity contribution in [2.75, 3.05) is 5.33 Å². The lowest BCUT2D eigenvalue weighted by Crippen LogP contribution is -2.07. The molecule has 0 aromatic heterocycles. The molecule has 0 fully saturated rings. The standard InChI is InChI=1S/C12H13BrO3/c1-2-3-12(15)16-10-6-4-9(5-7-10)11(14)8-13/h4-7H,2-3,8H2,1H3. The summed E-state index contributed by atoms with van der Waals surface area (Å²) in [6.07, 6.45) is 1.17. The van der Waals surface area contributed by atoms with Gasteiger partial charge in [-0.15, -0.1) is 0 Å². The Hall–Kier alpha value is -1.16. The van der Waals surface area contributed by atoms with Crippen molar-refractivity contribution in [3.05, 3.63) is 29.8 Å². The van der Waals surface area contributed by atoms with Crippen LogP contribution in [0.2, 0.25) is 0 Å². The molecule has 16 heavy (non-hydrogen) atoms. The van der Waals surface area contributed by atoms with Gasteiger partial charge in [0.2, 0.25) is 0 Å². The second-order valence-corrected chi connectivity index (χ2v) is 3.87. The van der Waals surface area contributed by atoms with Crippen molar-refractivity contribution < 1.29 is 14.3 Å². The van der Waals surface area contributed by atoms with Gasteiger partial charge in [-0.3, -0.25) is 9.59 Å². The van der Waals surface area contributed by atoms with Crippen molar-refractivity contribution in [1.29, 1.82) is 0 Å². The van der Waals surface area contributed by atoms with E-state index in [0.29, 0.717) is 23.1 Å². The Morgan fingerprint density at radius 3 is 2.38 bits per heavy atom. The highest BCUT2D eigenvalue weighted by Crippen LogP contribution is 2.14. The molecule has 0 amide bonds. The van der Waals surface area contributed by atoms with Crippen molar-refractivity contribution in [2.45, 2.75) is 19.8 Å². The van der Waals surface area contributed by atoms with Gasteiger partial charge >= 0.3 is 5.97 Å². The molecule has 0 unspecified atom stereocenters.